The highest BCUT2D eigenvalue weighted by atomic mass is 32.1. The Bertz CT molecular complexity index is 451. The summed E-state index contributed by atoms with van der Waals surface area (Å²) in [6, 6.07) is 6.00. The van der Waals surface area contributed by atoms with E-state index in [2.05, 4.69) is 28.7 Å². The smallest absolute Gasteiger partial charge is 0.0955 e. The Balaban J connectivity index is 2.42. The lowest BCUT2D eigenvalue weighted by molar-refractivity contribution is 0.833. The summed E-state index contributed by atoms with van der Waals surface area (Å²) in [5.41, 5.74) is 10.6. The van der Waals surface area contributed by atoms with Crippen LogP contribution in [-0.2, 0) is 0 Å². The van der Waals surface area contributed by atoms with E-state index in [1.165, 1.54) is 22.9 Å². The normalized spacial score (nSPS) is 12.7. The van der Waals surface area contributed by atoms with Gasteiger partial charge in [-0.05, 0) is 30.5 Å². The van der Waals surface area contributed by atoms with Crippen molar-refractivity contribution < 1.29 is 0 Å². The second kappa shape index (κ2) is 4.08. The monoisotopic (exact) mass is 219 g/mol. The van der Waals surface area contributed by atoms with Gasteiger partial charge < -0.3 is 5.73 Å². The Hall–Kier alpha value is -1.26. The van der Waals surface area contributed by atoms with Gasteiger partial charge in [0.25, 0.3) is 0 Å². The molecule has 0 saturated heterocycles. The molecule has 0 aliphatic rings. The minimum atomic E-state index is -0.163. The molecule has 1 heterocycles. The van der Waals surface area contributed by atoms with Gasteiger partial charge in [0, 0.05) is 0 Å². The highest BCUT2D eigenvalue weighted by Gasteiger charge is 2.14. The van der Waals surface area contributed by atoms with E-state index in [9.17, 15) is 0 Å². The zero-order valence-corrected chi connectivity index (χ0v) is 9.58. The van der Waals surface area contributed by atoms with Crippen molar-refractivity contribution in [3.8, 4) is 0 Å². The molecule has 3 nitrogen and oxygen atoms in total. The third-order valence-electron chi connectivity index (χ3n) is 2.68. The molecule has 4 heteroatoms. The van der Waals surface area contributed by atoms with Gasteiger partial charge in [-0.3, -0.25) is 0 Å². The summed E-state index contributed by atoms with van der Waals surface area (Å²) in [5, 5.41) is 0. The molecule has 1 unspecified atom stereocenters. The summed E-state index contributed by atoms with van der Waals surface area (Å²) in [6.45, 7) is 4.18. The average Bonchev–Trinajstić information content (AvgIpc) is 2.74. The number of nitrogens with two attached hydrogens (primary N) is 1. The molecule has 2 N–H and O–H groups in total. The Kier molecular flexibility index (Phi) is 2.79. The maximum absolute atomic E-state index is 6.13. The van der Waals surface area contributed by atoms with Crippen molar-refractivity contribution in [2.24, 2.45) is 5.73 Å². The molecule has 0 bridgehead atoms. The van der Waals surface area contributed by atoms with E-state index < -0.39 is 0 Å². The summed E-state index contributed by atoms with van der Waals surface area (Å²) >= 11 is 1.19. The lowest BCUT2D eigenvalue weighted by Crippen LogP contribution is -2.13. The molecule has 0 spiro atoms. The summed E-state index contributed by atoms with van der Waals surface area (Å²) in [7, 11) is 0. The molecule has 2 aromatic rings. The molecule has 1 atom stereocenters. The fourth-order valence-corrected chi connectivity index (χ4v) is 2.04. The Morgan fingerprint density at radius 2 is 2.13 bits per heavy atom. The van der Waals surface area contributed by atoms with Crippen molar-refractivity contribution in [1.29, 1.82) is 0 Å². The van der Waals surface area contributed by atoms with Gasteiger partial charge in [0.15, 0.2) is 0 Å². The molecule has 1 aromatic carbocycles. The standard InChI is InChI=1S/C11H13N3S/c1-7-4-3-5-9(8(7)2)11(12)10-6-13-15-14-10/h3-6,11H,12H2,1-2H3. The molecule has 1 aromatic heterocycles. The van der Waals surface area contributed by atoms with Crippen LogP contribution in [0.15, 0.2) is 24.4 Å². The average molecular weight is 219 g/mol. The molecular weight excluding hydrogens is 206 g/mol. The van der Waals surface area contributed by atoms with Crippen molar-refractivity contribution in [1.82, 2.24) is 8.75 Å². The highest BCUT2D eigenvalue weighted by Crippen LogP contribution is 2.23. The largest absolute Gasteiger partial charge is 0.319 e. The van der Waals surface area contributed by atoms with Gasteiger partial charge in [-0.1, -0.05) is 18.2 Å². The second-order valence-electron chi connectivity index (χ2n) is 3.60. The molecule has 0 saturated carbocycles. The van der Waals surface area contributed by atoms with Crippen LogP contribution in [0.1, 0.15) is 28.4 Å². The topological polar surface area (TPSA) is 51.8 Å². The Morgan fingerprint density at radius 3 is 2.80 bits per heavy atom. The van der Waals surface area contributed by atoms with E-state index in [1.54, 1.807) is 6.20 Å². The maximum atomic E-state index is 6.13. The van der Waals surface area contributed by atoms with Gasteiger partial charge in [-0.15, -0.1) is 0 Å². The van der Waals surface area contributed by atoms with Crippen LogP contribution >= 0.6 is 11.7 Å². The fraction of sp³-hybridized carbons (Fsp3) is 0.273. The lowest BCUT2D eigenvalue weighted by Gasteiger charge is -2.13. The van der Waals surface area contributed by atoms with Crippen molar-refractivity contribution in [2.45, 2.75) is 19.9 Å². The van der Waals surface area contributed by atoms with Crippen LogP contribution in [0, 0.1) is 13.8 Å². The summed E-state index contributed by atoms with van der Waals surface area (Å²) in [4.78, 5) is 0. The van der Waals surface area contributed by atoms with Crippen LogP contribution in [0.25, 0.3) is 0 Å². The molecule has 2 rings (SSSR count). The molecule has 0 aliphatic carbocycles. The predicted molar refractivity (Wildman–Crippen MR) is 61.9 cm³/mol. The number of hydrogen-bond donors (Lipinski definition) is 1. The van der Waals surface area contributed by atoms with Gasteiger partial charge in [-0.2, -0.15) is 8.75 Å². The number of aromatic nitrogens is 2. The van der Waals surface area contributed by atoms with Gasteiger partial charge in [0.1, 0.15) is 0 Å². The number of nitrogens with zero attached hydrogens (tertiary/aromatic N) is 2. The predicted octanol–water partition coefficient (Wildman–Crippen LogP) is 2.20. The van der Waals surface area contributed by atoms with Crippen LogP contribution in [0.5, 0.6) is 0 Å². The third-order valence-corrected chi connectivity index (χ3v) is 3.17. The Morgan fingerprint density at radius 1 is 1.33 bits per heavy atom. The zero-order chi connectivity index (χ0) is 10.8. The minimum absolute atomic E-state index is 0.163. The van der Waals surface area contributed by atoms with Gasteiger partial charge >= 0.3 is 0 Å². The maximum Gasteiger partial charge on any atom is 0.0955 e. The van der Waals surface area contributed by atoms with E-state index in [1.807, 2.05) is 12.1 Å². The summed E-state index contributed by atoms with van der Waals surface area (Å²) < 4.78 is 8.14. The zero-order valence-electron chi connectivity index (χ0n) is 8.77. The molecule has 0 aliphatic heterocycles. The van der Waals surface area contributed by atoms with Crippen LogP contribution in [0.2, 0.25) is 0 Å². The first kappa shape index (κ1) is 10.3. The first-order chi connectivity index (χ1) is 7.20. The number of hydrogen-bond acceptors (Lipinski definition) is 4. The third kappa shape index (κ3) is 1.91. The SMILES string of the molecule is Cc1cccc(C(N)c2cnsn2)c1C. The molecule has 0 fully saturated rings. The first-order valence-corrected chi connectivity index (χ1v) is 5.52. The van der Waals surface area contributed by atoms with Crippen molar-refractivity contribution in [3.63, 3.8) is 0 Å². The number of benzene rings is 1. The van der Waals surface area contributed by atoms with Crippen LogP contribution in [-0.4, -0.2) is 8.75 Å². The van der Waals surface area contributed by atoms with E-state index in [0.717, 1.165) is 11.3 Å². The van der Waals surface area contributed by atoms with Crippen LogP contribution < -0.4 is 5.73 Å². The van der Waals surface area contributed by atoms with Gasteiger partial charge in [0.05, 0.1) is 29.7 Å². The lowest BCUT2D eigenvalue weighted by atomic mass is 9.96. The Labute approximate surface area is 93.3 Å². The molecule has 0 amide bonds. The van der Waals surface area contributed by atoms with E-state index in [-0.39, 0.29) is 6.04 Å². The molecular formula is C11H13N3S. The van der Waals surface area contributed by atoms with Crippen molar-refractivity contribution >= 4 is 11.7 Å². The van der Waals surface area contributed by atoms with E-state index in [4.69, 9.17) is 5.73 Å². The minimum Gasteiger partial charge on any atom is -0.319 e. The number of aryl methyl sites for hydroxylation is 1. The summed E-state index contributed by atoms with van der Waals surface area (Å²) in [6.07, 6.45) is 1.73. The molecule has 0 radical (unpaired) electrons. The van der Waals surface area contributed by atoms with Crippen molar-refractivity contribution in [3.05, 3.63) is 46.8 Å². The first-order valence-electron chi connectivity index (χ1n) is 4.79. The van der Waals surface area contributed by atoms with E-state index in [0.29, 0.717) is 0 Å². The highest BCUT2D eigenvalue weighted by molar-refractivity contribution is 6.99. The van der Waals surface area contributed by atoms with Gasteiger partial charge in [-0.25, -0.2) is 0 Å². The molecule has 78 valence electrons. The van der Waals surface area contributed by atoms with Crippen LogP contribution in [0.4, 0.5) is 0 Å². The second-order valence-corrected chi connectivity index (χ2v) is 4.16. The number of rotatable bonds is 2. The quantitative estimate of drug-likeness (QED) is 0.842. The fourth-order valence-electron chi connectivity index (χ4n) is 1.58. The van der Waals surface area contributed by atoms with Crippen LogP contribution in [0.3, 0.4) is 0 Å². The van der Waals surface area contributed by atoms with Crippen molar-refractivity contribution in [2.75, 3.05) is 0 Å². The van der Waals surface area contributed by atoms with Gasteiger partial charge in [0.2, 0.25) is 0 Å². The summed E-state index contributed by atoms with van der Waals surface area (Å²) in [5.74, 6) is 0. The van der Waals surface area contributed by atoms with E-state index >= 15 is 0 Å². The molecule has 15 heavy (non-hydrogen) atoms.